The van der Waals surface area contributed by atoms with Crippen LogP contribution in [-0.4, -0.2) is 128 Å². The number of carboxylic acid groups (broad SMARTS) is 2. The number of rotatable bonds is 24. The van der Waals surface area contributed by atoms with Gasteiger partial charge in [-0.15, -0.1) is 0 Å². The minimum Gasteiger partial charge on any atom is -0.481 e. The third-order valence-corrected chi connectivity index (χ3v) is 7.81. The first-order valence-electron chi connectivity index (χ1n) is 15.8. The molecule has 0 saturated carbocycles. The van der Waals surface area contributed by atoms with Crippen LogP contribution in [0, 0.1) is 5.92 Å². The number of hydrogen-bond donors (Lipinski definition) is 13. The summed E-state index contributed by atoms with van der Waals surface area (Å²) in [6, 6.07) is -8.30. The maximum atomic E-state index is 13.6. The number of carbonyl (C=O) groups is 9. The topological polar surface area (TPSA) is 347 Å². The summed E-state index contributed by atoms with van der Waals surface area (Å²) in [5.41, 5.74) is 11.2. The Kier molecular flexibility index (Phi) is 19.8. The number of aromatic amines is 1. The molecule has 1 aromatic heterocycles. The summed E-state index contributed by atoms with van der Waals surface area (Å²) in [7, 11) is 0. The Morgan fingerprint density at radius 3 is 1.88 bits per heavy atom. The van der Waals surface area contributed by atoms with Crippen LogP contribution in [0.15, 0.2) is 12.5 Å². The molecule has 290 valence electrons. The van der Waals surface area contributed by atoms with Gasteiger partial charge in [0.15, 0.2) is 0 Å². The summed E-state index contributed by atoms with van der Waals surface area (Å²) in [5, 5.41) is 32.5. The van der Waals surface area contributed by atoms with Crippen LogP contribution in [0.4, 0.5) is 0 Å². The molecule has 6 atom stereocenters. The van der Waals surface area contributed by atoms with Gasteiger partial charge in [0.05, 0.1) is 25.3 Å². The van der Waals surface area contributed by atoms with Gasteiger partial charge in [0.25, 0.3) is 0 Å². The number of nitrogens with two attached hydrogens (primary N) is 2. The quantitative estimate of drug-likeness (QED) is 0.0442. The first-order chi connectivity index (χ1) is 24.4. The number of aromatic nitrogens is 2. The number of imidazole rings is 1. The second-order valence-electron chi connectivity index (χ2n) is 11.9. The molecule has 1 aromatic rings. The third-order valence-electron chi connectivity index (χ3n) is 7.05. The van der Waals surface area contributed by atoms with Crippen LogP contribution in [0.2, 0.25) is 0 Å². The Balaban J connectivity index is 3.14. The predicted octanol–water partition coefficient (Wildman–Crippen LogP) is -4.45. The number of nitrogens with zero attached hydrogens (tertiary/aromatic N) is 1. The highest BCUT2D eigenvalue weighted by atomic mass is 32.1. The number of thiol groups is 2. The second kappa shape index (κ2) is 22.8. The summed E-state index contributed by atoms with van der Waals surface area (Å²) in [6.07, 6.45) is 1.05. The van der Waals surface area contributed by atoms with Crippen LogP contribution in [0.5, 0.6) is 0 Å². The van der Waals surface area contributed by atoms with E-state index in [1.807, 2.05) is 0 Å². The minimum atomic E-state index is -1.64. The van der Waals surface area contributed by atoms with E-state index in [1.165, 1.54) is 12.5 Å². The van der Waals surface area contributed by atoms with E-state index in [4.69, 9.17) is 11.5 Å². The molecular formula is C29H46N10O11S2. The van der Waals surface area contributed by atoms with Gasteiger partial charge in [0.2, 0.25) is 41.4 Å². The molecule has 0 aliphatic rings. The van der Waals surface area contributed by atoms with Crippen LogP contribution in [0.25, 0.3) is 0 Å². The number of carboxylic acids is 2. The van der Waals surface area contributed by atoms with Crippen LogP contribution < -0.4 is 43.4 Å². The highest BCUT2D eigenvalue weighted by molar-refractivity contribution is 7.80. The zero-order valence-electron chi connectivity index (χ0n) is 28.4. The summed E-state index contributed by atoms with van der Waals surface area (Å²) >= 11 is 7.78. The van der Waals surface area contributed by atoms with Crippen molar-refractivity contribution in [3.05, 3.63) is 18.2 Å². The lowest BCUT2D eigenvalue weighted by Gasteiger charge is -2.26. The van der Waals surface area contributed by atoms with Gasteiger partial charge in [-0.2, -0.15) is 25.3 Å². The number of H-pyrrole nitrogens is 1. The molecule has 23 heteroatoms. The van der Waals surface area contributed by atoms with Gasteiger partial charge in [-0.3, -0.25) is 38.4 Å². The van der Waals surface area contributed by atoms with Crippen molar-refractivity contribution in [1.29, 1.82) is 0 Å². The van der Waals surface area contributed by atoms with E-state index < -0.39 is 103 Å². The first-order valence-corrected chi connectivity index (χ1v) is 17.1. The molecule has 21 nitrogen and oxygen atoms in total. The lowest BCUT2D eigenvalue weighted by Crippen LogP contribution is -2.59. The van der Waals surface area contributed by atoms with Crippen LogP contribution in [-0.2, 0) is 49.6 Å². The molecule has 0 aromatic carbocycles. The van der Waals surface area contributed by atoms with Crippen molar-refractivity contribution in [1.82, 2.24) is 41.9 Å². The van der Waals surface area contributed by atoms with Crippen molar-refractivity contribution in [2.45, 2.75) is 82.2 Å². The average molecular weight is 775 g/mol. The van der Waals surface area contributed by atoms with Crippen molar-refractivity contribution in [2.75, 3.05) is 18.1 Å². The minimum absolute atomic E-state index is 0.0488. The smallest absolute Gasteiger partial charge is 0.327 e. The summed E-state index contributed by atoms with van der Waals surface area (Å²) in [5.74, 6) is -9.64. The summed E-state index contributed by atoms with van der Waals surface area (Å²) in [6.45, 7) is 2.78. The van der Waals surface area contributed by atoms with Crippen molar-refractivity contribution in [3.63, 3.8) is 0 Å². The van der Waals surface area contributed by atoms with Crippen molar-refractivity contribution in [3.8, 4) is 0 Å². The Labute approximate surface area is 309 Å². The van der Waals surface area contributed by atoms with Gasteiger partial charge >= 0.3 is 11.9 Å². The van der Waals surface area contributed by atoms with E-state index in [1.54, 1.807) is 13.8 Å². The molecule has 52 heavy (non-hydrogen) atoms. The molecule has 0 saturated heterocycles. The largest absolute Gasteiger partial charge is 0.481 e. The fraction of sp³-hybridized carbons (Fsp3) is 0.586. The van der Waals surface area contributed by atoms with Gasteiger partial charge in [-0.1, -0.05) is 13.8 Å². The monoisotopic (exact) mass is 774 g/mol. The number of carbonyl (C=O) groups excluding carboxylic acids is 7. The zero-order chi connectivity index (χ0) is 39.5. The van der Waals surface area contributed by atoms with E-state index in [0.717, 1.165) is 0 Å². The number of nitrogens with one attached hydrogen (secondary N) is 7. The molecule has 1 heterocycles. The second-order valence-corrected chi connectivity index (χ2v) is 12.6. The van der Waals surface area contributed by atoms with Gasteiger partial charge in [-0.25, -0.2) is 9.78 Å². The summed E-state index contributed by atoms with van der Waals surface area (Å²) in [4.78, 5) is 119. The molecule has 0 aliphatic carbocycles. The summed E-state index contributed by atoms with van der Waals surface area (Å²) < 4.78 is 0. The molecule has 13 N–H and O–H groups in total. The lowest BCUT2D eigenvalue weighted by atomic mass is 10.0. The lowest BCUT2D eigenvalue weighted by molar-refractivity contribution is -0.142. The maximum Gasteiger partial charge on any atom is 0.327 e. The Morgan fingerprint density at radius 2 is 1.37 bits per heavy atom. The Morgan fingerprint density at radius 1 is 0.788 bits per heavy atom. The van der Waals surface area contributed by atoms with Crippen molar-refractivity contribution < 1.29 is 53.4 Å². The van der Waals surface area contributed by atoms with Crippen LogP contribution >= 0.6 is 25.3 Å². The first kappa shape index (κ1) is 45.1. The molecule has 0 radical (unpaired) electrons. The highest BCUT2D eigenvalue weighted by Gasteiger charge is 2.33. The number of primary amides is 1. The Bertz CT molecular complexity index is 1430. The molecule has 7 amide bonds. The van der Waals surface area contributed by atoms with E-state index in [9.17, 15) is 53.4 Å². The van der Waals surface area contributed by atoms with E-state index >= 15 is 0 Å². The molecule has 1 rings (SSSR count). The van der Waals surface area contributed by atoms with E-state index in [-0.39, 0.29) is 43.1 Å². The highest BCUT2D eigenvalue weighted by Crippen LogP contribution is 2.08. The molecule has 0 bridgehead atoms. The molecular weight excluding hydrogens is 729 g/mol. The number of hydrogen-bond acceptors (Lipinski definition) is 13. The SMILES string of the molecule is CC(C)C[C@H](NC(=O)[C@H](Cc1cnc[nH]1)NC(=O)[C@H](CC(=O)O)NC(=O)[C@@H](N)CS)C(=O)NCC(=O)N[C@@H](CCC(N)=O)C(=O)N[C@@H](CS)C(=O)O. The fourth-order valence-electron chi connectivity index (χ4n) is 4.37. The van der Waals surface area contributed by atoms with Gasteiger partial charge < -0.3 is 58.6 Å². The molecule has 0 aliphatic heterocycles. The number of aliphatic carboxylic acids is 2. The van der Waals surface area contributed by atoms with Gasteiger partial charge in [0.1, 0.15) is 30.2 Å². The predicted molar refractivity (Wildman–Crippen MR) is 188 cm³/mol. The fourth-order valence-corrected chi connectivity index (χ4v) is 4.78. The van der Waals surface area contributed by atoms with Gasteiger partial charge in [-0.05, 0) is 18.8 Å². The van der Waals surface area contributed by atoms with Crippen LogP contribution in [0.3, 0.4) is 0 Å². The normalized spacial score (nSPS) is 14.3. The third kappa shape index (κ3) is 16.9. The molecule has 0 fully saturated rings. The van der Waals surface area contributed by atoms with Crippen molar-refractivity contribution >= 4 is 78.5 Å². The van der Waals surface area contributed by atoms with E-state index in [2.05, 4.69) is 67.1 Å². The molecule has 0 spiro atoms. The average Bonchev–Trinajstić information content (AvgIpc) is 3.58. The van der Waals surface area contributed by atoms with Gasteiger partial charge in [0, 0.05) is 36.2 Å². The molecule has 0 unspecified atom stereocenters. The van der Waals surface area contributed by atoms with E-state index in [0.29, 0.717) is 5.69 Å². The Hall–Kier alpha value is -4.90. The standard InChI is InChI=1S/C29H46N10O11S2/c1-13(2)5-17(25(45)33-9-22(41)35-16(3-4-21(31)40)26(46)39-20(11-52)29(49)50)37-27(47)18(6-14-8-32-12-34-14)38-28(48)19(7-23(42)43)36-24(44)15(30)10-51/h8,12-13,15-20,51-52H,3-7,9-11,30H2,1-2H3,(H2,31,40)(H,32,34)(H,33,45)(H,35,41)(H,36,44)(H,37,47)(H,38,48)(H,39,46)(H,42,43)(H,49,50)/t15-,16-,17-,18-,19-,20-/m0/s1. The van der Waals surface area contributed by atoms with Crippen LogP contribution in [0.1, 0.15) is 45.2 Å². The maximum absolute atomic E-state index is 13.6. The van der Waals surface area contributed by atoms with Crippen molar-refractivity contribution in [2.24, 2.45) is 17.4 Å². The zero-order valence-corrected chi connectivity index (χ0v) is 30.2. The number of amides is 7.